The molecule has 1 aromatic rings. The van der Waals surface area contributed by atoms with Gasteiger partial charge in [0.15, 0.2) is 0 Å². The molecule has 1 aromatic carbocycles. The standard InChI is InChI=1S/C10H11Cl2N3OS/c1-5(16)2-3-13-8-6(11)4-7(12)9-10(8)15-17-14-9/h4-5,13,16H,2-3H2,1H3. The van der Waals surface area contributed by atoms with E-state index in [1.165, 1.54) is 0 Å². The molecule has 0 aliphatic carbocycles. The zero-order valence-electron chi connectivity index (χ0n) is 9.07. The highest BCUT2D eigenvalue weighted by atomic mass is 35.5. The molecule has 17 heavy (non-hydrogen) atoms. The molecule has 0 saturated heterocycles. The van der Waals surface area contributed by atoms with E-state index in [2.05, 4.69) is 14.0 Å². The Morgan fingerprint density at radius 3 is 2.76 bits per heavy atom. The first-order valence-corrected chi connectivity index (χ1v) is 6.60. The van der Waals surface area contributed by atoms with Gasteiger partial charge in [-0.3, -0.25) is 0 Å². The largest absolute Gasteiger partial charge is 0.393 e. The van der Waals surface area contributed by atoms with Gasteiger partial charge in [0.05, 0.1) is 33.2 Å². The van der Waals surface area contributed by atoms with Gasteiger partial charge in [-0.25, -0.2) is 0 Å². The number of anilines is 1. The third-order valence-electron chi connectivity index (χ3n) is 2.31. The molecular weight excluding hydrogens is 281 g/mol. The highest BCUT2D eigenvalue weighted by Crippen LogP contribution is 2.47. The van der Waals surface area contributed by atoms with Crippen molar-refractivity contribution in [3.8, 4) is 0 Å². The molecule has 2 N–H and O–H groups in total. The van der Waals surface area contributed by atoms with Gasteiger partial charge in [-0.15, -0.1) is 0 Å². The van der Waals surface area contributed by atoms with Gasteiger partial charge < -0.3 is 10.4 Å². The fraction of sp³-hybridized carbons (Fsp3) is 0.400. The second kappa shape index (κ2) is 5.35. The number of rotatable bonds is 4. The van der Waals surface area contributed by atoms with Crippen molar-refractivity contribution in [2.45, 2.75) is 19.4 Å². The van der Waals surface area contributed by atoms with Crippen LogP contribution in [0.1, 0.15) is 13.3 Å². The Morgan fingerprint density at radius 1 is 1.35 bits per heavy atom. The van der Waals surface area contributed by atoms with Crippen LogP contribution >= 0.6 is 23.2 Å². The highest BCUT2D eigenvalue weighted by molar-refractivity contribution is 7.58. The van der Waals surface area contributed by atoms with Crippen LogP contribution in [0, 0.1) is 0 Å². The smallest absolute Gasteiger partial charge is 0.130 e. The van der Waals surface area contributed by atoms with E-state index in [4.69, 9.17) is 23.2 Å². The molecule has 1 atom stereocenters. The summed E-state index contributed by atoms with van der Waals surface area (Å²) in [6, 6.07) is 1.65. The first kappa shape index (κ1) is 12.8. The Balaban J connectivity index is 2.23. The number of hydrogen-bond acceptors (Lipinski definition) is 4. The Labute approximate surface area is 113 Å². The maximum atomic E-state index is 9.20. The summed E-state index contributed by atoms with van der Waals surface area (Å²) in [6.45, 7) is 2.36. The molecule has 1 aliphatic rings. The minimum absolute atomic E-state index is 0.349. The lowest BCUT2D eigenvalue weighted by molar-refractivity contribution is 0.189. The zero-order chi connectivity index (χ0) is 12.4. The van der Waals surface area contributed by atoms with Crippen molar-refractivity contribution in [3.63, 3.8) is 0 Å². The third kappa shape index (κ3) is 2.80. The predicted octanol–water partition coefficient (Wildman–Crippen LogP) is 3.90. The molecule has 0 radical (unpaired) electrons. The molecule has 0 aromatic heterocycles. The van der Waals surface area contributed by atoms with Crippen molar-refractivity contribution in [3.05, 3.63) is 16.1 Å². The van der Waals surface area contributed by atoms with E-state index in [-0.39, 0.29) is 6.10 Å². The molecule has 4 nitrogen and oxygen atoms in total. The van der Waals surface area contributed by atoms with E-state index >= 15 is 0 Å². The summed E-state index contributed by atoms with van der Waals surface area (Å²) in [5.74, 6) is 0. The second-order valence-corrected chi connectivity index (χ2v) is 5.08. The number of hydrogen-bond donors (Lipinski definition) is 2. The number of benzene rings is 1. The van der Waals surface area contributed by atoms with E-state index < -0.39 is 0 Å². The lowest BCUT2D eigenvalue weighted by Crippen LogP contribution is -2.10. The molecule has 0 saturated carbocycles. The molecular formula is C10H11Cl2N3OS. The summed E-state index contributed by atoms with van der Waals surface area (Å²) in [6.07, 6.45) is 0.287. The number of nitrogens with zero attached hydrogens (tertiary/aromatic N) is 2. The molecule has 92 valence electrons. The minimum atomic E-state index is -0.349. The fourth-order valence-electron chi connectivity index (χ4n) is 1.45. The van der Waals surface area contributed by atoms with E-state index in [9.17, 15) is 5.11 Å². The highest BCUT2D eigenvalue weighted by Gasteiger charge is 2.18. The first-order valence-electron chi connectivity index (χ1n) is 5.12. The molecule has 1 heterocycles. The van der Waals surface area contributed by atoms with E-state index in [0.717, 1.165) is 17.0 Å². The van der Waals surface area contributed by atoms with E-state index in [1.54, 1.807) is 13.0 Å². The van der Waals surface area contributed by atoms with Crippen molar-refractivity contribution < 1.29 is 5.11 Å². The van der Waals surface area contributed by atoms with Gasteiger partial charge in [0.25, 0.3) is 0 Å². The van der Waals surface area contributed by atoms with Gasteiger partial charge in [-0.05, 0) is 19.4 Å². The molecule has 1 aliphatic heterocycles. The quantitative estimate of drug-likeness (QED) is 0.897. The lowest BCUT2D eigenvalue weighted by Gasteiger charge is -2.12. The zero-order valence-corrected chi connectivity index (χ0v) is 11.4. The maximum absolute atomic E-state index is 9.20. The van der Waals surface area contributed by atoms with Crippen LogP contribution in [0.3, 0.4) is 0 Å². The van der Waals surface area contributed by atoms with Crippen molar-refractivity contribution in [2.24, 2.45) is 8.73 Å². The summed E-state index contributed by atoms with van der Waals surface area (Å²) in [7, 11) is 0. The van der Waals surface area contributed by atoms with E-state index in [0.29, 0.717) is 34.4 Å². The van der Waals surface area contributed by atoms with Crippen LogP contribution < -0.4 is 5.32 Å². The Kier molecular flexibility index (Phi) is 4.04. The topological polar surface area (TPSA) is 57.0 Å². The van der Waals surface area contributed by atoms with Crippen molar-refractivity contribution in [1.29, 1.82) is 0 Å². The lowest BCUT2D eigenvalue weighted by atomic mass is 10.2. The molecule has 0 spiro atoms. The van der Waals surface area contributed by atoms with Crippen molar-refractivity contribution in [1.82, 2.24) is 0 Å². The van der Waals surface area contributed by atoms with Gasteiger partial charge in [-0.2, -0.15) is 8.73 Å². The molecule has 0 fully saturated rings. The van der Waals surface area contributed by atoms with Crippen LogP contribution in [0.4, 0.5) is 17.1 Å². The predicted molar refractivity (Wildman–Crippen MR) is 72.8 cm³/mol. The fourth-order valence-corrected chi connectivity index (χ4v) is 2.63. The summed E-state index contributed by atoms with van der Waals surface area (Å²) in [4.78, 5) is 0. The van der Waals surface area contributed by atoms with Gasteiger partial charge in [0.1, 0.15) is 11.4 Å². The second-order valence-electron chi connectivity index (χ2n) is 3.74. The Morgan fingerprint density at radius 2 is 2.06 bits per heavy atom. The monoisotopic (exact) mass is 291 g/mol. The third-order valence-corrected chi connectivity index (χ3v) is 3.42. The number of fused-ring (bicyclic) bond motifs is 1. The molecule has 7 heteroatoms. The number of nitrogens with one attached hydrogen (secondary N) is 1. The number of aliphatic hydroxyl groups is 1. The minimum Gasteiger partial charge on any atom is -0.393 e. The average molecular weight is 292 g/mol. The van der Waals surface area contributed by atoms with Crippen LogP contribution in [0.15, 0.2) is 14.8 Å². The number of halogens is 2. The van der Waals surface area contributed by atoms with Gasteiger partial charge in [0.2, 0.25) is 0 Å². The SMILES string of the molecule is CC(O)CCNc1c(Cl)cc(Cl)c2c1N=S=N2. The Bertz CT molecular complexity index is 513. The van der Waals surface area contributed by atoms with Crippen LogP contribution in [-0.2, 0) is 11.4 Å². The van der Waals surface area contributed by atoms with E-state index in [1.807, 2.05) is 0 Å². The van der Waals surface area contributed by atoms with Crippen LogP contribution in [0.5, 0.6) is 0 Å². The normalized spacial score (nSPS) is 14.4. The summed E-state index contributed by atoms with van der Waals surface area (Å²) in [5, 5.41) is 13.4. The summed E-state index contributed by atoms with van der Waals surface area (Å²) >= 11 is 13.2. The molecule has 1 unspecified atom stereocenters. The summed E-state index contributed by atoms with van der Waals surface area (Å²) in [5.41, 5.74) is 2.05. The Hall–Kier alpha value is -0.620. The van der Waals surface area contributed by atoms with Gasteiger partial charge >= 0.3 is 0 Å². The molecule has 2 rings (SSSR count). The molecule has 0 amide bonds. The van der Waals surface area contributed by atoms with Crippen molar-refractivity contribution >= 4 is 51.6 Å². The molecule has 0 bridgehead atoms. The summed E-state index contributed by atoms with van der Waals surface area (Å²) < 4.78 is 8.29. The number of aliphatic hydroxyl groups excluding tert-OH is 1. The first-order chi connectivity index (χ1) is 8.09. The average Bonchev–Trinajstić information content (AvgIpc) is 2.71. The van der Waals surface area contributed by atoms with Crippen LogP contribution in [0.25, 0.3) is 0 Å². The maximum Gasteiger partial charge on any atom is 0.130 e. The van der Waals surface area contributed by atoms with Gasteiger partial charge in [-0.1, -0.05) is 23.2 Å². The van der Waals surface area contributed by atoms with Crippen LogP contribution in [0.2, 0.25) is 10.0 Å². The van der Waals surface area contributed by atoms with Crippen LogP contribution in [-0.4, -0.2) is 17.8 Å². The van der Waals surface area contributed by atoms with Gasteiger partial charge in [0, 0.05) is 6.54 Å². The van der Waals surface area contributed by atoms with Crippen molar-refractivity contribution in [2.75, 3.05) is 11.9 Å².